The van der Waals surface area contributed by atoms with Gasteiger partial charge in [0.25, 0.3) is 0 Å². The summed E-state index contributed by atoms with van der Waals surface area (Å²) in [4.78, 5) is 18.4. The molecule has 1 aromatic carbocycles. The number of hydrogen-bond acceptors (Lipinski definition) is 5. The van der Waals surface area contributed by atoms with Gasteiger partial charge in [0.2, 0.25) is 5.82 Å². The zero-order valence-electron chi connectivity index (χ0n) is 13.6. The zero-order chi connectivity index (χ0) is 16.2. The molecule has 23 heavy (non-hydrogen) atoms. The fraction of sp³-hybridized carbons (Fsp3) is 0.471. The van der Waals surface area contributed by atoms with Crippen LogP contribution in [0, 0.1) is 0 Å². The van der Waals surface area contributed by atoms with Crippen molar-refractivity contribution in [1.29, 1.82) is 0 Å². The van der Waals surface area contributed by atoms with Crippen molar-refractivity contribution in [1.82, 2.24) is 15.5 Å². The van der Waals surface area contributed by atoms with Gasteiger partial charge in [-0.3, -0.25) is 4.79 Å². The van der Waals surface area contributed by atoms with Crippen LogP contribution in [0.15, 0.2) is 28.8 Å². The van der Waals surface area contributed by atoms with Crippen LogP contribution < -0.4 is 10.2 Å². The van der Waals surface area contributed by atoms with E-state index in [1.54, 1.807) is 0 Å². The fourth-order valence-corrected chi connectivity index (χ4v) is 2.84. The van der Waals surface area contributed by atoms with Gasteiger partial charge in [0, 0.05) is 31.4 Å². The molecule has 3 rings (SSSR count). The third-order valence-electron chi connectivity index (χ3n) is 4.20. The van der Waals surface area contributed by atoms with Crippen molar-refractivity contribution >= 4 is 11.6 Å². The monoisotopic (exact) mass is 314 g/mol. The molecule has 1 saturated carbocycles. The lowest BCUT2D eigenvalue weighted by Gasteiger charge is -2.21. The number of carbonyl (C=O) groups is 1. The van der Waals surface area contributed by atoms with E-state index in [0.29, 0.717) is 5.82 Å². The first-order valence-electron chi connectivity index (χ1n) is 8.06. The number of nitrogens with zero attached hydrogens (tertiary/aromatic N) is 3. The Morgan fingerprint density at radius 1 is 1.17 bits per heavy atom. The number of amides is 1. The lowest BCUT2D eigenvalue weighted by Crippen LogP contribution is -2.36. The van der Waals surface area contributed by atoms with E-state index in [9.17, 15) is 4.79 Å². The number of aromatic nitrogens is 2. The molecule has 2 aromatic rings. The first-order chi connectivity index (χ1) is 11.1. The van der Waals surface area contributed by atoms with Gasteiger partial charge in [-0.25, -0.2) is 0 Å². The molecule has 1 aliphatic carbocycles. The molecular weight excluding hydrogens is 292 g/mol. The van der Waals surface area contributed by atoms with Crippen LogP contribution in [-0.4, -0.2) is 36.2 Å². The molecule has 0 unspecified atom stereocenters. The minimum absolute atomic E-state index is 0.0299. The molecule has 0 aliphatic heterocycles. The van der Waals surface area contributed by atoms with Crippen LogP contribution in [0.5, 0.6) is 0 Å². The number of benzene rings is 1. The summed E-state index contributed by atoms with van der Waals surface area (Å²) in [6, 6.07) is 8.03. The molecule has 0 bridgehead atoms. The van der Waals surface area contributed by atoms with Crippen LogP contribution in [0.3, 0.4) is 0 Å². The Bertz CT molecular complexity index is 657. The Labute approximate surface area is 135 Å². The Morgan fingerprint density at radius 2 is 1.87 bits per heavy atom. The van der Waals surface area contributed by atoms with Crippen LogP contribution in [0.2, 0.25) is 0 Å². The molecule has 0 spiro atoms. The average Bonchev–Trinajstić information content (AvgIpc) is 3.06. The molecule has 1 heterocycles. The molecule has 6 heteroatoms. The van der Waals surface area contributed by atoms with Gasteiger partial charge in [-0.05, 0) is 37.1 Å². The summed E-state index contributed by atoms with van der Waals surface area (Å²) in [5.74, 6) is 0.187. The van der Waals surface area contributed by atoms with Crippen molar-refractivity contribution in [3.8, 4) is 11.4 Å². The highest BCUT2D eigenvalue weighted by atomic mass is 16.5. The Balaban J connectivity index is 1.68. The van der Waals surface area contributed by atoms with E-state index in [0.717, 1.165) is 36.9 Å². The van der Waals surface area contributed by atoms with Crippen molar-refractivity contribution in [3.63, 3.8) is 0 Å². The Morgan fingerprint density at radius 3 is 2.52 bits per heavy atom. The Kier molecular flexibility index (Phi) is 4.60. The van der Waals surface area contributed by atoms with E-state index in [1.165, 1.54) is 6.42 Å². The largest absolute Gasteiger partial charge is 0.378 e. The number of rotatable bonds is 4. The molecule has 0 saturated heterocycles. The van der Waals surface area contributed by atoms with Gasteiger partial charge in [-0.15, -0.1) is 0 Å². The molecule has 1 aliphatic rings. The van der Waals surface area contributed by atoms with Crippen molar-refractivity contribution in [2.24, 2.45) is 0 Å². The highest BCUT2D eigenvalue weighted by Gasteiger charge is 2.21. The number of carbonyl (C=O) groups excluding carboxylic acids is 1. The standard InChI is InChI=1S/C17H22N4O2/c1-21(2)14-10-8-12(9-11-14)15-19-17(23-20-15)16(22)18-13-6-4-3-5-7-13/h8-11,13H,3-7H2,1-2H3,(H,18,22). The number of hydrogen-bond donors (Lipinski definition) is 1. The predicted molar refractivity (Wildman–Crippen MR) is 88.4 cm³/mol. The maximum atomic E-state index is 12.2. The third kappa shape index (κ3) is 3.70. The minimum Gasteiger partial charge on any atom is -0.378 e. The van der Waals surface area contributed by atoms with Gasteiger partial charge in [-0.2, -0.15) is 4.98 Å². The smallest absolute Gasteiger partial charge is 0.316 e. The molecule has 1 aromatic heterocycles. The summed E-state index contributed by atoms with van der Waals surface area (Å²) in [6.45, 7) is 0. The summed E-state index contributed by atoms with van der Waals surface area (Å²) in [6.07, 6.45) is 5.63. The highest BCUT2D eigenvalue weighted by molar-refractivity contribution is 5.90. The van der Waals surface area contributed by atoms with E-state index in [2.05, 4.69) is 15.5 Å². The SMILES string of the molecule is CN(C)c1ccc(-c2noc(C(=O)NC3CCCCC3)n2)cc1. The quantitative estimate of drug-likeness (QED) is 0.939. The van der Waals surface area contributed by atoms with E-state index in [1.807, 2.05) is 43.3 Å². The molecule has 0 radical (unpaired) electrons. The van der Waals surface area contributed by atoms with Crippen LogP contribution in [-0.2, 0) is 0 Å². The second-order valence-electron chi connectivity index (χ2n) is 6.17. The van der Waals surface area contributed by atoms with E-state index >= 15 is 0 Å². The number of nitrogens with one attached hydrogen (secondary N) is 1. The topological polar surface area (TPSA) is 71.3 Å². The molecule has 1 N–H and O–H groups in total. The number of anilines is 1. The molecule has 1 fully saturated rings. The molecule has 1 amide bonds. The first kappa shape index (κ1) is 15.5. The van der Waals surface area contributed by atoms with Gasteiger partial charge < -0.3 is 14.7 Å². The van der Waals surface area contributed by atoms with Crippen LogP contribution >= 0.6 is 0 Å². The van der Waals surface area contributed by atoms with Gasteiger partial charge in [-0.1, -0.05) is 24.4 Å². The van der Waals surface area contributed by atoms with Crippen molar-refractivity contribution in [2.75, 3.05) is 19.0 Å². The third-order valence-corrected chi connectivity index (χ3v) is 4.20. The van der Waals surface area contributed by atoms with Crippen LogP contribution in [0.1, 0.15) is 42.8 Å². The van der Waals surface area contributed by atoms with Gasteiger partial charge in [0.15, 0.2) is 0 Å². The first-order valence-corrected chi connectivity index (χ1v) is 8.06. The fourth-order valence-electron chi connectivity index (χ4n) is 2.84. The predicted octanol–water partition coefficient (Wildman–Crippen LogP) is 2.87. The molecule has 122 valence electrons. The normalized spacial score (nSPS) is 15.4. The highest BCUT2D eigenvalue weighted by Crippen LogP contribution is 2.21. The molecular formula is C17H22N4O2. The van der Waals surface area contributed by atoms with E-state index in [-0.39, 0.29) is 17.8 Å². The lowest BCUT2D eigenvalue weighted by atomic mass is 9.95. The summed E-state index contributed by atoms with van der Waals surface area (Å²) >= 11 is 0. The van der Waals surface area contributed by atoms with Gasteiger partial charge in [0.1, 0.15) is 0 Å². The zero-order valence-corrected chi connectivity index (χ0v) is 13.6. The van der Waals surface area contributed by atoms with Gasteiger partial charge in [0.05, 0.1) is 0 Å². The Hall–Kier alpha value is -2.37. The summed E-state index contributed by atoms with van der Waals surface area (Å²) in [7, 11) is 3.97. The van der Waals surface area contributed by atoms with Crippen molar-refractivity contribution in [2.45, 2.75) is 38.1 Å². The maximum Gasteiger partial charge on any atom is 0.316 e. The van der Waals surface area contributed by atoms with Crippen LogP contribution in [0.25, 0.3) is 11.4 Å². The van der Waals surface area contributed by atoms with Crippen molar-refractivity contribution in [3.05, 3.63) is 30.2 Å². The maximum absolute atomic E-state index is 12.2. The van der Waals surface area contributed by atoms with Crippen LogP contribution in [0.4, 0.5) is 5.69 Å². The average molecular weight is 314 g/mol. The summed E-state index contributed by atoms with van der Waals surface area (Å²) in [5.41, 5.74) is 1.92. The van der Waals surface area contributed by atoms with Gasteiger partial charge >= 0.3 is 11.8 Å². The second-order valence-corrected chi connectivity index (χ2v) is 6.17. The van der Waals surface area contributed by atoms with Crippen molar-refractivity contribution < 1.29 is 9.32 Å². The molecule has 6 nitrogen and oxygen atoms in total. The van der Waals surface area contributed by atoms with E-state index in [4.69, 9.17) is 4.52 Å². The molecule has 0 atom stereocenters. The summed E-state index contributed by atoms with van der Waals surface area (Å²) < 4.78 is 5.12. The lowest BCUT2D eigenvalue weighted by molar-refractivity contribution is 0.0883. The summed E-state index contributed by atoms with van der Waals surface area (Å²) in [5, 5.41) is 6.90. The second kappa shape index (κ2) is 6.81. The van der Waals surface area contributed by atoms with E-state index < -0.39 is 0 Å². The minimum atomic E-state index is -0.277.